The fourth-order valence-corrected chi connectivity index (χ4v) is 2.69. The summed E-state index contributed by atoms with van der Waals surface area (Å²) in [4.78, 5) is 8.72. The van der Waals surface area contributed by atoms with Crippen molar-refractivity contribution < 1.29 is 17.9 Å². The van der Waals surface area contributed by atoms with E-state index in [4.69, 9.17) is 4.74 Å². The van der Waals surface area contributed by atoms with E-state index in [0.29, 0.717) is 19.0 Å². The van der Waals surface area contributed by atoms with Crippen molar-refractivity contribution >= 4 is 11.6 Å². The van der Waals surface area contributed by atoms with Gasteiger partial charge in [0.1, 0.15) is 11.4 Å². The number of nitrogens with zero attached hydrogens (tertiary/aromatic N) is 3. The molecule has 2 N–H and O–H groups in total. The summed E-state index contributed by atoms with van der Waals surface area (Å²) in [5, 5.41) is 6.39. The van der Waals surface area contributed by atoms with Crippen LogP contribution in [0.2, 0.25) is 0 Å². The van der Waals surface area contributed by atoms with E-state index in [1.165, 1.54) is 12.1 Å². The Morgan fingerprint density at radius 3 is 2.62 bits per heavy atom. The molecule has 0 radical (unpaired) electrons. The van der Waals surface area contributed by atoms with E-state index in [0.717, 1.165) is 23.3 Å². The summed E-state index contributed by atoms with van der Waals surface area (Å²) in [5.74, 6) is 0.812. The molecule has 0 fully saturated rings. The molecule has 3 rings (SSSR count). The molecule has 0 amide bonds. The highest BCUT2D eigenvalue weighted by Crippen LogP contribution is 2.18. The van der Waals surface area contributed by atoms with Crippen LogP contribution in [-0.4, -0.2) is 41.7 Å². The largest absolute Gasteiger partial charge is 0.484 e. The Hall–Kier alpha value is -3.23. The van der Waals surface area contributed by atoms with Gasteiger partial charge in [-0.1, -0.05) is 18.2 Å². The quantitative estimate of drug-likeness (QED) is 0.468. The van der Waals surface area contributed by atoms with Crippen molar-refractivity contribution in [2.24, 2.45) is 4.99 Å². The van der Waals surface area contributed by atoms with Crippen molar-refractivity contribution in [1.82, 2.24) is 20.0 Å². The Labute approximate surface area is 166 Å². The molecule has 0 aliphatic rings. The highest BCUT2D eigenvalue weighted by molar-refractivity contribution is 5.79. The minimum atomic E-state index is -4.35. The number of benzene rings is 1. The lowest BCUT2D eigenvalue weighted by Crippen LogP contribution is -2.37. The second-order valence-corrected chi connectivity index (χ2v) is 6.35. The minimum absolute atomic E-state index is 0.182. The number of alkyl halides is 3. The Bertz CT molecular complexity index is 918. The average molecular weight is 405 g/mol. The Balaban J connectivity index is 1.43. The SMILES string of the molecule is CN=C(NCCc1cn2ccccc2n1)NCc1ccc(OCC(F)(F)F)cc1. The predicted octanol–water partition coefficient (Wildman–Crippen LogP) is 3.18. The summed E-state index contributed by atoms with van der Waals surface area (Å²) in [6.07, 6.45) is 0.351. The molecule has 0 saturated carbocycles. The molecule has 6 nitrogen and oxygen atoms in total. The van der Waals surface area contributed by atoms with Crippen LogP contribution in [0.3, 0.4) is 0 Å². The zero-order chi connectivity index (χ0) is 20.7. The smallest absolute Gasteiger partial charge is 0.422 e. The number of halogens is 3. The zero-order valence-electron chi connectivity index (χ0n) is 15.9. The first kappa shape index (κ1) is 20.5. The maximum Gasteiger partial charge on any atom is 0.422 e. The van der Waals surface area contributed by atoms with Gasteiger partial charge in [0.15, 0.2) is 12.6 Å². The van der Waals surface area contributed by atoms with Crippen molar-refractivity contribution in [1.29, 1.82) is 0 Å². The normalized spacial score (nSPS) is 12.2. The summed E-state index contributed by atoms with van der Waals surface area (Å²) in [6, 6.07) is 12.3. The zero-order valence-corrected chi connectivity index (χ0v) is 15.9. The topological polar surface area (TPSA) is 63.0 Å². The van der Waals surface area contributed by atoms with Crippen LogP contribution in [0.1, 0.15) is 11.3 Å². The van der Waals surface area contributed by atoms with Crippen molar-refractivity contribution in [2.75, 3.05) is 20.2 Å². The third-order valence-electron chi connectivity index (χ3n) is 4.10. The van der Waals surface area contributed by atoms with Crippen LogP contribution < -0.4 is 15.4 Å². The number of pyridine rings is 1. The van der Waals surface area contributed by atoms with E-state index in [2.05, 4.69) is 20.6 Å². The molecule has 0 aliphatic heterocycles. The third kappa shape index (κ3) is 6.41. The molecule has 0 spiro atoms. The maximum atomic E-state index is 12.2. The highest BCUT2D eigenvalue weighted by Gasteiger charge is 2.28. The average Bonchev–Trinajstić information content (AvgIpc) is 3.12. The van der Waals surface area contributed by atoms with Crippen LogP contribution in [0.5, 0.6) is 5.75 Å². The number of ether oxygens (including phenoxy) is 1. The van der Waals surface area contributed by atoms with Gasteiger partial charge < -0.3 is 19.8 Å². The third-order valence-corrected chi connectivity index (χ3v) is 4.10. The standard InChI is InChI=1S/C20H22F3N5O/c1-24-19(25-10-9-16-13-28-11-3-2-4-18(28)27-16)26-12-15-5-7-17(8-6-15)29-14-20(21,22)23/h2-8,11,13H,9-10,12,14H2,1H3,(H2,24,25,26). The number of imidazole rings is 1. The first-order chi connectivity index (χ1) is 13.9. The molecule has 154 valence electrons. The van der Waals surface area contributed by atoms with Gasteiger partial charge in [0.2, 0.25) is 0 Å². The van der Waals surface area contributed by atoms with Crippen LogP contribution in [0.25, 0.3) is 5.65 Å². The van der Waals surface area contributed by atoms with Crippen LogP contribution in [-0.2, 0) is 13.0 Å². The number of rotatable bonds is 7. The summed E-state index contributed by atoms with van der Waals surface area (Å²) in [5.41, 5.74) is 2.79. The van der Waals surface area contributed by atoms with Gasteiger partial charge in [0, 0.05) is 39.0 Å². The van der Waals surface area contributed by atoms with E-state index >= 15 is 0 Å². The van der Waals surface area contributed by atoms with Gasteiger partial charge in [-0.15, -0.1) is 0 Å². The maximum absolute atomic E-state index is 12.2. The van der Waals surface area contributed by atoms with Crippen molar-refractivity contribution in [3.8, 4) is 5.75 Å². The van der Waals surface area contributed by atoms with E-state index in [1.54, 1.807) is 19.2 Å². The highest BCUT2D eigenvalue weighted by atomic mass is 19.4. The summed E-state index contributed by atoms with van der Waals surface area (Å²) >= 11 is 0. The van der Waals surface area contributed by atoms with Crippen LogP contribution in [0, 0.1) is 0 Å². The van der Waals surface area contributed by atoms with E-state index < -0.39 is 12.8 Å². The van der Waals surface area contributed by atoms with Gasteiger partial charge in [0.25, 0.3) is 0 Å². The molecular formula is C20H22F3N5O. The van der Waals surface area contributed by atoms with Gasteiger partial charge in [-0.3, -0.25) is 4.99 Å². The molecule has 0 unspecified atom stereocenters. The van der Waals surface area contributed by atoms with Crippen LogP contribution in [0.4, 0.5) is 13.2 Å². The van der Waals surface area contributed by atoms with Gasteiger partial charge in [-0.2, -0.15) is 13.2 Å². The first-order valence-corrected chi connectivity index (χ1v) is 9.08. The molecule has 2 heterocycles. The molecule has 0 atom stereocenters. The van der Waals surface area contributed by atoms with Gasteiger partial charge in [0.05, 0.1) is 5.69 Å². The molecule has 29 heavy (non-hydrogen) atoms. The van der Waals surface area contributed by atoms with Crippen LogP contribution >= 0.6 is 0 Å². The number of nitrogens with one attached hydrogen (secondary N) is 2. The van der Waals surface area contributed by atoms with Crippen molar-refractivity contribution in [2.45, 2.75) is 19.1 Å². The molecular weight excluding hydrogens is 383 g/mol. The van der Waals surface area contributed by atoms with Crippen molar-refractivity contribution in [3.05, 3.63) is 66.1 Å². The molecule has 3 aromatic rings. The molecule has 0 saturated heterocycles. The second-order valence-electron chi connectivity index (χ2n) is 6.35. The Morgan fingerprint density at radius 2 is 1.93 bits per heavy atom. The fourth-order valence-electron chi connectivity index (χ4n) is 2.69. The number of aliphatic imine (C=N–C) groups is 1. The number of hydrogen-bond acceptors (Lipinski definition) is 3. The van der Waals surface area contributed by atoms with Gasteiger partial charge in [-0.05, 0) is 29.8 Å². The monoisotopic (exact) mass is 405 g/mol. The number of hydrogen-bond donors (Lipinski definition) is 2. The van der Waals surface area contributed by atoms with Crippen molar-refractivity contribution in [3.63, 3.8) is 0 Å². The van der Waals surface area contributed by atoms with E-state index in [-0.39, 0.29) is 5.75 Å². The molecule has 1 aromatic carbocycles. The second kappa shape index (κ2) is 9.31. The molecule has 0 aliphatic carbocycles. The van der Waals surface area contributed by atoms with E-state index in [9.17, 15) is 13.2 Å². The van der Waals surface area contributed by atoms with E-state index in [1.807, 2.05) is 35.0 Å². The minimum Gasteiger partial charge on any atom is -0.484 e. The molecule has 2 aromatic heterocycles. The first-order valence-electron chi connectivity index (χ1n) is 9.08. The molecule has 0 bridgehead atoms. The fraction of sp³-hybridized carbons (Fsp3) is 0.300. The predicted molar refractivity (Wildman–Crippen MR) is 105 cm³/mol. The summed E-state index contributed by atoms with van der Waals surface area (Å²) < 4.78 is 43.2. The lowest BCUT2D eigenvalue weighted by atomic mass is 10.2. The summed E-state index contributed by atoms with van der Waals surface area (Å²) in [6.45, 7) is -0.158. The Kier molecular flexibility index (Phi) is 6.58. The van der Waals surface area contributed by atoms with Crippen LogP contribution in [0.15, 0.2) is 59.9 Å². The number of guanidine groups is 1. The number of fused-ring (bicyclic) bond motifs is 1. The lowest BCUT2D eigenvalue weighted by molar-refractivity contribution is -0.153. The Morgan fingerprint density at radius 1 is 1.14 bits per heavy atom. The lowest BCUT2D eigenvalue weighted by Gasteiger charge is -2.12. The van der Waals surface area contributed by atoms with Gasteiger partial charge >= 0.3 is 6.18 Å². The van der Waals surface area contributed by atoms with Gasteiger partial charge in [-0.25, -0.2) is 4.98 Å². The molecule has 9 heteroatoms. The summed E-state index contributed by atoms with van der Waals surface area (Å²) in [7, 11) is 1.67. The number of aromatic nitrogens is 2.